The van der Waals surface area contributed by atoms with Crippen LogP contribution in [0.4, 0.5) is 11.4 Å². The van der Waals surface area contributed by atoms with Crippen LogP contribution in [0.25, 0.3) is 0 Å². The van der Waals surface area contributed by atoms with E-state index in [-0.39, 0.29) is 5.91 Å². The Morgan fingerprint density at radius 1 is 1.30 bits per heavy atom. The molecule has 0 unspecified atom stereocenters. The fourth-order valence-electron chi connectivity index (χ4n) is 1.62. The van der Waals surface area contributed by atoms with Crippen LogP contribution in [0, 0.1) is 6.92 Å². The molecule has 20 heavy (non-hydrogen) atoms. The summed E-state index contributed by atoms with van der Waals surface area (Å²) in [5.41, 5.74) is 8.19. The van der Waals surface area contributed by atoms with Gasteiger partial charge in [-0.2, -0.15) is 0 Å². The van der Waals surface area contributed by atoms with Crippen LogP contribution in [0.15, 0.2) is 47.4 Å². The summed E-state index contributed by atoms with van der Waals surface area (Å²) in [6.45, 7) is 1.93. The maximum atomic E-state index is 11.9. The highest BCUT2D eigenvalue weighted by Gasteiger charge is 2.05. The number of hydrogen-bond acceptors (Lipinski definition) is 3. The average Bonchev–Trinajstić information content (AvgIpc) is 2.41. The lowest BCUT2D eigenvalue weighted by molar-refractivity contribution is -0.113. The van der Waals surface area contributed by atoms with Gasteiger partial charge >= 0.3 is 0 Å². The molecule has 5 heteroatoms. The SMILES string of the molecule is Cc1ccc(NC(=O)CSc2cccc(Cl)c2)cc1N. The molecule has 0 radical (unpaired) electrons. The summed E-state index contributed by atoms with van der Waals surface area (Å²) in [5.74, 6) is 0.256. The third kappa shape index (κ3) is 4.18. The van der Waals surface area contributed by atoms with Crippen LogP contribution in [-0.4, -0.2) is 11.7 Å². The molecule has 0 aromatic heterocycles. The molecule has 0 saturated carbocycles. The Hall–Kier alpha value is -1.65. The van der Waals surface area contributed by atoms with Gasteiger partial charge in [0.05, 0.1) is 5.75 Å². The van der Waals surface area contributed by atoms with E-state index in [9.17, 15) is 4.79 Å². The molecule has 3 N–H and O–H groups in total. The van der Waals surface area contributed by atoms with E-state index in [1.165, 1.54) is 11.8 Å². The van der Waals surface area contributed by atoms with Gasteiger partial charge in [0.25, 0.3) is 0 Å². The van der Waals surface area contributed by atoms with Gasteiger partial charge in [-0.25, -0.2) is 0 Å². The van der Waals surface area contributed by atoms with Crippen molar-refractivity contribution in [3.05, 3.63) is 53.1 Å². The van der Waals surface area contributed by atoms with Crippen LogP contribution in [0.1, 0.15) is 5.56 Å². The fourth-order valence-corrected chi connectivity index (χ4v) is 2.63. The van der Waals surface area contributed by atoms with Gasteiger partial charge < -0.3 is 11.1 Å². The first-order valence-electron chi connectivity index (χ1n) is 6.09. The largest absolute Gasteiger partial charge is 0.398 e. The van der Waals surface area contributed by atoms with Gasteiger partial charge in [0.1, 0.15) is 0 Å². The number of hydrogen-bond donors (Lipinski definition) is 2. The molecule has 2 aromatic rings. The van der Waals surface area contributed by atoms with Crippen molar-refractivity contribution in [2.24, 2.45) is 0 Å². The van der Waals surface area contributed by atoms with Crippen molar-refractivity contribution in [1.29, 1.82) is 0 Å². The van der Waals surface area contributed by atoms with Crippen LogP contribution in [0.3, 0.4) is 0 Å². The first-order chi connectivity index (χ1) is 9.54. The van der Waals surface area contributed by atoms with Crippen molar-refractivity contribution in [3.63, 3.8) is 0 Å². The zero-order valence-corrected chi connectivity index (χ0v) is 12.6. The molecule has 0 bridgehead atoms. The van der Waals surface area contributed by atoms with E-state index in [1.54, 1.807) is 12.1 Å². The van der Waals surface area contributed by atoms with Gasteiger partial charge in [0.2, 0.25) is 5.91 Å². The highest BCUT2D eigenvalue weighted by Crippen LogP contribution is 2.22. The monoisotopic (exact) mass is 306 g/mol. The Morgan fingerprint density at radius 3 is 2.80 bits per heavy atom. The number of amides is 1. The molecule has 0 aliphatic heterocycles. The number of rotatable bonds is 4. The second kappa shape index (κ2) is 6.68. The predicted octanol–water partition coefficient (Wildman–Crippen LogP) is 3.96. The van der Waals surface area contributed by atoms with Gasteiger partial charge in [0.15, 0.2) is 0 Å². The molecule has 0 spiro atoms. The molecule has 0 aliphatic rings. The molecule has 2 rings (SSSR count). The molecular formula is C15H15ClN2OS. The van der Waals surface area contributed by atoms with Crippen molar-refractivity contribution in [2.75, 3.05) is 16.8 Å². The molecule has 3 nitrogen and oxygen atoms in total. The summed E-state index contributed by atoms with van der Waals surface area (Å²) in [4.78, 5) is 12.8. The lowest BCUT2D eigenvalue weighted by Gasteiger charge is -2.07. The summed E-state index contributed by atoms with van der Waals surface area (Å²) in [6, 6.07) is 12.9. The molecule has 2 aromatic carbocycles. The standard InChI is InChI=1S/C15H15ClN2OS/c1-10-5-6-12(8-14(10)17)18-15(19)9-20-13-4-2-3-11(16)7-13/h2-8H,9,17H2,1H3,(H,18,19). The highest BCUT2D eigenvalue weighted by molar-refractivity contribution is 8.00. The molecule has 1 amide bonds. The molecule has 104 valence electrons. The molecule has 0 fully saturated rings. The maximum absolute atomic E-state index is 11.9. The summed E-state index contributed by atoms with van der Waals surface area (Å²) >= 11 is 7.34. The predicted molar refractivity (Wildman–Crippen MR) is 86.4 cm³/mol. The second-order valence-electron chi connectivity index (χ2n) is 4.37. The Bertz CT molecular complexity index is 631. The van der Waals surface area contributed by atoms with Crippen LogP contribution in [0.5, 0.6) is 0 Å². The van der Waals surface area contributed by atoms with Crippen molar-refractivity contribution < 1.29 is 4.79 Å². The Kier molecular flexibility index (Phi) is 4.93. The zero-order valence-electron chi connectivity index (χ0n) is 11.0. The zero-order chi connectivity index (χ0) is 14.5. The van der Waals surface area contributed by atoms with Crippen molar-refractivity contribution in [3.8, 4) is 0 Å². The molecule has 0 heterocycles. The summed E-state index contributed by atoms with van der Waals surface area (Å²) in [7, 11) is 0. The highest BCUT2D eigenvalue weighted by atomic mass is 35.5. The number of anilines is 2. The maximum Gasteiger partial charge on any atom is 0.234 e. The molecular weight excluding hydrogens is 292 g/mol. The first kappa shape index (κ1) is 14.8. The Morgan fingerprint density at radius 2 is 2.10 bits per heavy atom. The first-order valence-corrected chi connectivity index (χ1v) is 7.45. The second-order valence-corrected chi connectivity index (χ2v) is 5.85. The Balaban J connectivity index is 1.91. The fraction of sp³-hybridized carbons (Fsp3) is 0.133. The number of aryl methyl sites for hydroxylation is 1. The minimum atomic E-state index is -0.0711. The minimum Gasteiger partial charge on any atom is -0.398 e. The van der Waals surface area contributed by atoms with E-state index in [4.69, 9.17) is 17.3 Å². The van der Waals surface area contributed by atoms with Gasteiger partial charge in [-0.1, -0.05) is 23.7 Å². The van der Waals surface area contributed by atoms with E-state index < -0.39 is 0 Å². The van der Waals surface area contributed by atoms with Crippen LogP contribution < -0.4 is 11.1 Å². The van der Waals surface area contributed by atoms with Crippen LogP contribution >= 0.6 is 23.4 Å². The van der Waals surface area contributed by atoms with Gasteiger partial charge in [0, 0.05) is 21.3 Å². The number of halogens is 1. The number of benzene rings is 2. The quantitative estimate of drug-likeness (QED) is 0.664. The average molecular weight is 307 g/mol. The summed E-state index contributed by atoms with van der Waals surface area (Å²) in [6.07, 6.45) is 0. The molecule has 0 atom stereocenters. The third-order valence-electron chi connectivity index (χ3n) is 2.73. The summed E-state index contributed by atoms with van der Waals surface area (Å²) in [5, 5.41) is 3.49. The number of carbonyl (C=O) groups excluding carboxylic acids is 1. The topological polar surface area (TPSA) is 55.1 Å². The van der Waals surface area contributed by atoms with Crippen molar-refractivity contribution >= 4 is 40.6 Å². The van der Waals surface area contributed by atoms with Crippen molar-refractivity contribution in [2.45, 2.75) is 11.8 Å². The molecule has 0 aliphatic carbocycles. The Labute approximate surface area is 127 Å². The summed E-state index contributed by atoms with van der Waals surface area (Å²) < 4.78 is 0. The lowest BCUT2D eigenvalue weighted by atomic mass is 10.2. The van der Waals surface area contributed by atoms with E-state index in [2.05, 4.69) is 5.32 Å². The molecule has 0 saturated heterocycles. The van der Waals surface area contributed by atoms with E-state index in [0.717, 1.165) is 10.5 Å². The van der Waals surface area contributed by atoms with E-state index >= 15 is 0 Å². The van der Waals surface area contributed by atoms with Gasteiger partial charge in [-0.15, -0.1) is 11.8 Å². The number of nitrogen functional groups attached to an aromatic ring is 1. The smallest absolute Gasteiger partial charge is 0.234 e. The normalized spacial score (nSPS) is 10.3. The van der Waals surface area contributed by atoms with Crippen LogP contribution in [-0.2, 0) is 4.79 Å². The van der Waals surface area contributed by atoms with Gasteiger partial charge in [-0.05, 0) is 42.8 Å². The number of carbonyl (C=O) groups is 1. The third-order valence-corrected chi connectivity index (χ3v) is 3.96. The van der Waals surface area contributed by atoms with Gasteiger partial charge in [-0.3, -0.25) is 4.79 Å². The van der Waals surface area contributed by atoms with Crippen LogP contribution in [0.2, 0.25) is 5.02 Å². The number of nitrogens with one attached hydrogen (secondary N) is 1. The van der Waals surface area contributed by atoms with E-state index in [0.29, 0.717) is 22.2 Å². The number of nitrogens with two attached hydrogens (primary N) is 1. The minimum absolute atomic E-state index is 0.0711. The lowest BCUT2D eigenvalue weighted by Crippen LogP contribution is -2.14. The van der Waals surface area contributed by atoms with Crippen molar-refractivity contribution in [1.82, 2.24) is 0 Å². The van der Waals surface area contributed by atoms with E-state index in [1.807, 2.05) is 37.3 Å². The number of thioether (sulfide) groups is 1.